The molecule has 1 aromatic rings. The van der Waals surface area contributed by atoms with Crippen molar-refractivity contribution in [2.24, 2.45) is 0 Å². The molecule has 0 unspecified atom stereocenters. The van der Waals surface area contributed by atoms with Crippen LogP contribution < -0.4 is 5.32 Å². The molecule has 0 atom stereocenters. The largest absolute Gasteiger partial charge is 0.355 e. The van der Waals surface area contributed by atoms with Crippen LogP contribution in [0.4, 0.5) is 8.78 Å². The van der Waals surface area contributed by atoms with Crippen molar-refractivity contribution >= 4 is 15.9 Å². The Kier molecular flexibility index (Phi) is 6.90. The van der Waals surface area contributed by atoms with E-state index >= 15 is 0 Å². The number of amides is 1. The van der Waals surface area contributed by atoms with Gasteiger partial charge in [-0.05, 0) is 45.0 Å². The standard InChI is InChI=1S/C20H29F2N3O3S/c1-24-11-5-12-25(29(27,28)18-7-6-16(21)14-17(18)22)13-10-23-19(26)15-20(24)8-3-2-4-9-20/h6-7,14H,2-5,8-13,15H2,1H3,(H,23,26). The van der Waals surface area contributed by atoms with E-state index in [2.05, 4.69) is 10.2 Å². The highest BCUT2D eigenvalue weighted by Crippen LogP contribution is 2.36. The van der Waals surface area contributed by atoms with Gasteiger partial charge in [0.2, 0.25) is 15.9 Å². The minimum atomic E-state index is -4.14. The monoisotopic (exact) mass is 429 g/mol. The Balaban J connectivity index is 1.80. The minimum absolute atomic E-state index is 0.0433. The predicted octanol–water partition coefficient (Wildman–Crippen LogP) is 2.50. The lowest BCUT2D eigenvalue weighted by Crippen LogP contribution is -2.51. The molecular weight excluding hydrogens is 400 g/mol. The molecule has 1 spiro atoms. The average Bonchev–Trinajstić information content (AvgIpc) is 2.68. The Labute approximate surface area is 171 Å². The highest BCUT2D eigenvalue weighted by Gasteiger charge is 2.38. The number of carbonyl (C=O) groups excluding carboxylic acids is 1. The maximum Gasteiger partial charge on any atom is 0.246 e. The molecule has 2 fully saturated rings. The highest BCUT2D eigenvalue weighted by atomic mass is 32.2. The number of hydrogen-bond donors (Lipinski definition) is 1. The summed E-state index contributed by atoms with van der Waals surface area (Å²) in [5, 5.41) is 2.82. The first-order valence-corrected chi connectivity index (χ1v) is 11.6. The first-order valence-electron chi connectivity index (χ1n) is 10.2. The van der Waals surface area contributed by atoms with Crippen LogP contribution in [0.25, 0.3) is 0 Å². The number of nitrogens with one attached hydrogen (secondary N) is 1. The molecule has 1 aliphatic heterocycles. The number of rotatable bonds is 2. The van der Waals surface area contributed by atoms with Gasteiger partial charge in [-0.2, -0.15) is 4.31 Å². The average molecular weight is 430 g/mol. The molecule has 29 heavy (non-hydrogen) atoms. The second-order valence-electron chi connectivity index (χ2n) is 8.07. The highest BCUT2D eigenvalue weighted by molar-refractivity contribution is 7.89. The zero-order chi connectivity index (χ0) is 21.1. The van der Waals surface area contributed by atoms with E-state index in [1.165, 1.54) is 10.7 Å². The van der Waals surface area contributed by atoms with Gasteiger partial charge in [0.1, 0.15) is 16.5 Å². The first kappa shape index (κ1) is 22.1. The van der Waals surface area contributed by atoms with E-state index in [-0.39, 0.29) is 31.1 Å². The van der Waals surface area contributed by atoms with Crippen molar-refractivity contribution in [1.82, 2.24) is 14.5 Å². The third-order valence-corrected chi connectivity index (χ3v) is 8.11. The Hall–Kier alpha value is -1.58. The summed E-state index contributed by atoms with van der Waals surface area (Å²) in [5.41, 5.74) is -0.181. The number of nitrogens with zero attached hydrogens (tertiary/aromatic N) is 2. The molecule has 6 nitrogen and oxygen atoms in total. The van der Waals surface area contributed by atoms with Crippen LogP contribution in [0.15, 0.2) is 23.1 Å². The van der Waals surface area contributed by atoms with Gasteiger partial charge < -0.3 is 10.2 Å². The lowest BCUT2D eigenvalue weighted by Gasteiger charge is -2.44. The summed E-state index contributed by atoms with van der Waals surface area (Å²) in [6, 6.07) is 2.46. The summed E-state index contributed by atoms with van der Waals surface area (Å²) in [7, 11) is -2.14. The molecule has 1 aliphatic carbocycles. The zero-order valence-electron chi connectivity index (χ0n) is 16.8. The second kappa shape index (κ2) is 9.06. The van der Waals surface area contributed by atoms with Crippen molar-refractivity contribution in [3.05, 3.63) is 29.8 Å². The molecule has 1 aromatic carbocycles. The van der Waals surface area contributed by atoms with Gasteiger partial charge in [0.05, 0.1) is 0 Å². The summed E-state index contributed by atoms with van der Waals surface area (Å²) in [6.07, 6.45) is 6.23. The predicted molar refractivity (Wildman–Crippen MR) is 106 cm³/mol. The number of hydrogen-bond acceptors (Lipinski definition) is 4. The summed E-state index contributed by atoms with van der Waals surface area (Å²) < 4.78 is 54.4. The molecule has 0 aromatic heterocycles. The van der Waals surface area contributed by atoms with Crippen molar-refractivity contribution < 1.29 is 22.0 Å². The molecule has 0 bridgehead atoms. The van der Waals surface area contributed by atoms with Crippen LogP contribution in [0.1, 0.15) is 44.9 Å². The molecule has 3 rings (SSSR count). The Morgan fingerprint density at radius 1 is 1.03 bits per heavy atom. The van der Waals surface area contributed by atoms with Crippen molar-refractivity contribution in [2.75, 3.05) is 33.2 Å². The minimum Gasteiger partial charge on any atom is -0.355 e. The Bertz CT molecular complexity index is 841. The summed E-state index contributed by atoms with van der Waals surface area (Å²) >= 11 is 0. The van der Waals surface area contributed by atoms with Crippen molar-refractivity contribution in [1.29, 1.82) is 0 Å². The van der Waals surface area contributed by atoms with Crippen LogP contribution in [-0.2, 0) is 14.8 Å². The maximum atomic E-state index is 14.1. The molecule has 162 valence electrons. The molecule has 1 amide bonds. The van der Waals surface area contributed by atoms with Gasteiger partial charge in [-0.3, -0.25) is 4.79 Å². The smallest absolute Gasteiger partial charge is 0.246 e. The molecule has 1 saturated carbocycles. The van der Waals surface area contributed by atoms with Crippen molar-refractivity contribution in [3.63, 3.8) is 0 Å². The number of halogens is 2. The zero-order valence-corrected chi connectivity index (χ0v) is 17.6. The number of sulfonamides is 1. The summed E-state index contributed by atoms with van der Waals surface area (Å²) in [5.74, 6) is -2.03. The van der Waals surface area contributed by atoms with Crippen LogP contribution >= 0.6 is 0 Å². The van der Waals surface area contributed by atoms with Crippen LogP contribution in [0.5, 0.6) is 0 Å². The van der Waals surface area contributed by atoms with Crippen molar-refractivity contribution in [3.8, 4) is 0 Å². The molecular formula is C20H29F2N3O3S. The van der Waals surface area contributed by atoms with E-state index < -0.39 is 26.6 Å². The number of benzene rings is 1. The van der Waals surface area contributed by atoms with Gasteiger partial charge in [-0.15, -0.1) is 0 Å². The van der Waals surface area contributed by atoms with Crippen molar-refractivity contribution in [2.45, 2.75) is 55.4 Å². The van der Waals surface area contributed by atoms with E-state index in [4.69, 9.17) is 0 Å². The fraction of sp³-hybridized carbons (Fsp3) is 0.650. The number of carbonyl (C=O) groups is 1. The Morgan fingerprint density at radius 2 is 1.76 bits per heavy atom. The normalized spacial score (nSPS) is 22.8. The molecule has 2 aliphatic rings. The molecule has 1 heterocycles. The Morgan fingerprint density at radius 3 is 2.45 bits per heavy atom. The molecule has 1 N–H and O–H groups in total. The summed E-state index contributed by atoms with van der Waals surface area (Å²) in [6.45, 7) is 1.04. The fourth-order valence-corrected chi connectivity index (χ4v) is 6.01. The van der Waals surface area contributed by atoms with Crippen LogP contribution in [0.3, 0.4) is 0 Å². The van der Waals surface area contributed by atoms with Gasteiger partial charge in [-0.25, -0.2) is 17.2 Å². The lowest BCUT2D eigenvalue weighted by atomic mass is 9.77. The quantitative estimate of drug-likeness (QED) is 0.784. The van der Waals surface area contributed by atoms with Crippen LogP contribution in [-0.4, -0.2) is 62.3 Å². The van der Waals surface area contributed by atoms with Crippen LogP contribution in [0, 0.1) is 11.6 Å². The van der Waals surface area contributed by atoms with E-state index in [9.17, 15) is 22.0 Å². The van der Waals surface area contributed by atoms with Gasteiger partial charge in [-0.1, -0.05) is 19.3 Å². The van der Waals surface area contributed by atoms with E-state index in [0.717, 1.165) is 37.8 Å². The topological polar surface area (TPSA) is 69.7 Å². The van der Waals surface area contributed by atoms with Gasteiger partial charge >= 0.3 is 0 Å². The summed E-state index contributed by atoms with van der Waals surface area (Å²) in [4.78, 5) is 14.2. The third-order valence-electron chi connectivity index (χ3n) is 6.18. The second-order valence-corrected chi connectivity index (χ2v) is 9.97. The van der Waals surface area contributed by atoms with Crippen LogP contribution in [0.2, 0.25) is 0 Å². The molecule has 1 saturated heterocycles. The maximum absolute atomic E-state index is 14.1. The lowest BCUT2D eigenvalue weighted by molar-refractivity contribution is -0.124. The van der Waals surface area contributed by atoms with Gasteiger partial charge in [0.25, 0.3) is 0 Å². The molecule has 0 radical (unpaired) electrons. The first-order chi connectivity index (χ1) is 13.7. The van der Waals surface area contributed by atoms with E-state index in [0.29, 0.717) is 25.5 Å². The third kappa shape index (κ3) is 4.95. The van der Waals surface area contributed by atoms with E-state index in [1.807, 2.05) is 7.05 Å². The van der Waals surface area contributed by atoms with Gasteiger partial charge in [0, 0.05) is 37.7 Å². The van der Waals surface area contributed by atoms with Gasteiger partial charge in [0.15, 0.2) is 0 Å². The SMILES string of the molecule is CN1CCCN(S(=O)(=O)c2ccc(F)cc2F)CCNC(=O)CC12CCCCC2. The van der Waals surface area contributed by atoms with E-state index in [1.54, 1.807) is 0 Å². The molecule has 9 heteroatoms. The fourth-order valence-electron chi connectivity index (χ4n) is 4.48.